The molecule has 0 amide bonds. The third-order valence-corrected chi connectivity index (χ3v) is 2.98. The molecule has 0 aliphatic heterocycles. The molecular weight excluding hydrogens is 306 g/mol. The topological polar surface area (TPSA) is 47.6 Å². The van der Waals surface area contributed by atoms with Crippen LogP contribution in [0, 0.1) is 39.0 Å². The molecule has 0 fully saturated rings. The Bertz CT molecular complexity index is 467. The molecule has 2 nitrogen and oxygen atoms in total. The molecule has 0 aromatic heterocycles. The number of hydrogen-bond donors (Lipinski definition) is 0. The Labute approximate surface area is 101 Å². The van der Waals surface area contributed by atoms with Crippen molar-refractivity contribution in [2.24, 2.45) is 0 Å². The quantitative estimate of drug-likeness (QED) is 0.591. The number of hydrogen-bond acceptors (Lipinski definition) is 2. The maximum atomic E-state index is 13.3. The molecule has 1 aromatic rings. The monoisotopic (exact) mass is 312 g/mol. The summed E-state index contributed by atoms with van der Waals surface area (Å²) in [5, 5.41) is 17.1. The van der Waals surface area contributed by atoms with E-state index in [4.69, 9.17) is 10.5 Å². The van der Waals surface area contributed by atoms with E-state index in [1.165, 1.54) is 12.1 Å². The lowest BCUT2D eigenvalue weighted by Gasteiger charge is -2.01. The van der Waals surface area contributed by atoms with Gasteiger partial charge in [0.2, 0.25) is 0 Å². The highest BCUT2D eigenvalue weighted by molar-refractivity contribution is 14.1. The van der Waals surface area contributed by atoms with E-state index in [1.54, 1.807) is 25.1 Å². The van der Waals surface area contributed by atoms with Crippen LogP contribution in [0.1, 0.15) is 11.1 Å². The molecule has 74 valence electrons. The summed E-state index contributed by atoms with van der Waals surface area (Å²) in [7, 11) is 0. The van der Waals surface area contributed by atoms with Gasteiger partial charge in [-0.05, 0) is 58.9 Å². The van der Waals surface area contributed by atoms with Crippen LogP contribution in [0.5, 0.6) is 0 Å². The maximum absolute atomic E-state index is 13.3. The van der Waals surface area contributed by atoms with Gasteiger partial charge in [-0.2, -0.15) is 10.5 Å². The van der Waals surface area contributed by atoms with Gasteiger partial charge >= 0.3 is 0 Å². The molecule has 0 N–H and O–H groups in total. The molecule has 0 saturated heterocycles. The van der Waals surface area contributed by atoms with Gasteiger partial charge < -0.3 is 0 Å². The lowest BCUT2D eigenvalue weighted by Crippen LogP contribution is -1.89. The third kappa shape index (κ3) is 2.77. The Hall–Kier alpha value is -1.40. The molecule has 1 rings (SSSR count). The zero-order chi connectivity index (χ0) is 11.4. The number of nitriles is 2. The lowest BCUT2D eigenvalue weighted by molar-refractivity contribution is 0.617. The van der Waals surface area contributed by atoms with E-state index in [2.05, 4.69) is 0 Å². The van der Waals surface area contributed by atoms with Gasteiger partial charge in [-0.1, -0.05) is 0 Å². The summed E-state index contributed by atoms with van der Waals surface area (Å²) < 4.78 is 14.1. The van der Waals surface area contributed by atoms with Gasteiger partial charge in [0.1, 0.15) is 23.5 Å². The van der Waals surface area contributed by atoms with E-state index >= 15 is 0 Å². The number of benzene rings is 1. The van der Waals surface area contributed by atoms with Crippen LogP contribution in [-0.4, -0.2) is 0 Å². The average molecular weight is 312 g/mol. The Morgan fingerprint density at radius 2 is 2.00 bits per heavy atom. The maximum Gasteiger partial charge on any atom is 0.130 e. The average Bonchev–Trinajstić information content (AvgIpc) is 2.22. The predicted octanol–water partition coefficient (Wildman–Crippen LogP) is 3.17. The van der Waals surface area contributed by atoms with Crippen LogP contribution in [0.15, 0.2) is 17.7 Å². The molecule has 1 aromatic carbocycles. The molecule has 0 atom stereocenters. The Kier molecular flexibility index (Phi) is 3.81. The molecule has 15 heavy (non-hydrogen) atoms. The van der Waals surface area contributed by atoms with E-state index < -0.39 is 0 Å². The molecule has 0 unspecified atom stereocenters. The highest BCUT2D eigenvalue weighted by atomic mass is 127. The highest BCUT2D eigenvalue weighted by Gasteiger charge is 2.04. The summed E-state index contributed by atoms with van der Waals surface area (Å²) >= 11 is 2.01. The predicted molar refractivity (Wildman–Crippen MR) is 63.1 cm³/mol. The molecule has 0 bridgehead atoms. The first-order valence-electron chi connectivity index (χ1n) is 4.06. The van der Waals surface area contributed by atoms with Crippen molar-refractivity contribution in [1.82, 2.24) is 0 Å². The summed E-state index contributed by atoms with van der Waals surface area (Å²) in [6, 6.07) is 6.50. The van der Waals surface area contributed by atoms with Crippen molar-refractivity contribution in [1.29, 1.82) is 10.5 Å². The largest absolute Gasteiger partial charge is 0.207 e. The molecule has 0 saturated carbocycles. The van der Waals surface area contributed by atoms with E-state index in [1.807, 2.05) is 22.6 Å². The van der Waals surface area contributed by atoms with Crippen LogP contribution in [-0.2, 0) is 0 Å². The zero-order valence-electron chi connectivity index (χ0n) is 7.88. The minimum Gasteiger partial charge on any atom is -0.207 e. The molecule has 0 spiro atoms. The van der Waals surface area contributed by atoms with Gasteiger partial charge in [-0.25, -0.2) is 4.39 Å². The van der Waals surface area contributed by atoms with Crippen molar-refractivity contribution in [2.75, 3.05) is 0 Å². The van der Waals surface area contributed by atoms with Crippen LogP contribution in [0.25, 0.3) is 6.08 Å². The fraction of sp³-hybridized carbons (Fsp3) is 0.0909. The van der Waals surface area contributed by atoms with Gasteiger partial charge in [-0.3, -0.25) is 0 Å². The van der Waals surface area contributed by atoms with Crippen LogP contribution in [0.4, 0.5) is 4.39 Å². The van der Waals surface area contributed by atoms with Gasteiger partial charge in [0.05, 0.1) is 0 Å². The molecule has 0 aliphatic rings. The van der Waals surface area contributed by atoms with Gasteiger partial charge in [0.25, 0.3) is 0 Å². The second-order valence-electron chi connectivity index (χ2n) is 2.89. The lowest BCUT2D eigenvalue weighted by atomic mass is 10.1. The van der Waals surface area contributed by atoms with Gasteiger partial charge in [0.15, 0.2) is 0 Å². The van der Waals surface area contributed by atoms with Crippen molar-refractivity contribution in [3.63, 3.8) is 0 Å². The zero-order valence-corrected chi connectivity index (χ0v) is 10.0. The van der Waals surface area contributed by atoms with Crippen molar-refractivity contribution < 1.29 is 4.39 Å². The summed E-state index contributed by atoms with van der Waals surface area (Å²) in [5.41, 5.74) is 1.07. The SMILES string of the molecule is Cc1c(F)cc(C=C(C#N)C#N)cc1I. The van der Waals surface area contributed by atoms with Crippen LogP contribution in [0.2, 0.25) is 0 Å². The van der Waals surface area contributed by atoms with Crippen LogP contribution in [0.3, 0.4) is 0 Å². The molecule has 0 heterocycles. The molecule has 0 aliphatic carbocycles. The summed E-state index contributed by atoms with van der Waals surface area (Å²) in [6.07, 6.45) is 1.37. The van der Waals surface area contributed by atoms with Crippen molar-refractivity contribution in [3.05, 3.63) is 38.2 Å². The van der Waals surface area contributed by atoms with Crippen LogP contribution >= 0.6 is 22.6 Å². The Morgan fingerprint density at radius 3 is 2.47 bits per heavy atom. The van der Waals surface area contributed by atoms with E-state index in [0.717, 1.165) is 3.57 Å². The van der Waals surface area contributed by atoms with Crippen molar-refractivity contribution in [3.8, 4) is 12.1 Å². The smallest absolute Gasteiger partial charge is 0.130 e. The van der Waals surface area contributed by atoms with E-state index in [9.17, 15) is 4.39 Å². The number of rotatable bonds is 1. The molecule has 4 heteroatoms. The Balaban J connectivity index is 3.26. The summed E-state index contributed by atoms with van der Waals surface area (Å²) in [6.45, 7) is 1.68. The number of allylic oxidation sites excluding steroid dienone is 1. The molecule has 0 radical (unpaired) electrons. The fourth-order valence-corrected chi connectivity index (χ4v) is 1.62. The van der Waals surface area contributed by atoms with Crippen molar-refractivity contribution in [2.45, 2.75) is 6.92 Å². The third-order valence-electron chi connectivity index (χ3n) is 1.86. The molecular formula is C11H6FIN2. The first-order valence-corrected chi connectivity index (χ1v) is 5.14. The van der Waals surface area contributed by atoms with Crippen LogP contribution < -0.4 is 0 Å². The second kappa shape index (κ2) is 4.90. The minimum absolute atomic E-state index is 0.0333. The van der Waals surface area contributed by atoms with E-state index in [0.29, 0.717) is 11.1 Å². The number of nitrogens with zero attached hydrogens (tertiary/aromatic N) is 2. The first kappa shape index (κ1) is 11.7. The highest BCUT2D eigenvalue weighted by Crippen LogP contribution is 2.19. The minimum atomic E-state index is -0.330. The van der Waals surface area contributed by atoms with Gasteiger partial charge in [0, 0.05) is 3.57 Å². The van der Waals surface area contributed by atoms with E-state index in [-0.39, 0.29) is 11.4 Å². The normalized spacial score (nSPS) is 8.87. The number of halogens is 2. The fourth-order valence-electron chi connectivity index (χ4n) is 1.00. The van der Waals surface area contributed by atoms with Crippen molar-refractivity contribution >= 4 is 28.7 Å². The standard InChI is InChI=1S/C11H6FIN2/c1-7-10(12)3-8(4-11(7)13)2-9(5-14)6-15/h2-4H,1H3. The first-order chi connectivity index (χ1) is 7.08. The summed E-state index contributed by atoms with van der Waals surface area (Å²) in [4.78, 5) is 0. The second-order valence-corrected chi connectivity index (χ2v) is 4.05. The van der Waals surface area contributed by atoms with Gasteiger partial charge in [-0.15, -0.1) is 0 Å². The summed E-state index contributed by atoms with van der Waals surface area (Å²) in [5.74, 6) is -0.330. The Morgan fingerprint density at radius 1 is 1.40 bits per heavy atom.